The van der Waals surface area contributed by atoms with Gasteiger partial charge in [-0.2, -0.15) is 5.10 Å². The first-order valence-electron chi connectivity index (χ1n) is 11.0. The predicted molar refractivity (Wildman–Crippen MR) is 128 cm³/mol. The summed E-state index contributed by atoms with van der Waals surface area (Å²) in [6, 6.07) is 19.1. The lowest BCUT2D eigenvalue weighted by Crippen LogP contribution is -2.48. The summed E-state index contributed by atoms with van der Waals surface area (Å²) in [7, 11) is 0. The summed E-state index contributed by atoms with van der Waals surface area (Å²) in [4.78, 5) is 17.3. The monoisotopic (exact) mass is 433 g/mol. The fourth-order valence-corrected chi connectivity index (χ4v) is 3.82. The number of nitrogens with one attached hydrogen (secondary N) is 1. The number of hydrogen-bond donors (Lipinski definition) is 2. The second-order valence-electron chi connectivity index (χ2n) is 9.24. The van der Waals surface area contributed by atoms with Crippen molar-refractivity contribution in [2.24, 2.45) is 0 Å². The summed E-state index contributed by atoms with van der Waals surface area (Å²) in [5, 5.41) is 17.3. The van der Waals surface area contributed by atoms with Gasteiger partial charge in [0.1, 0.15) is 11.6 Å². The average molecular weight is 434 g/mol. The van der Waals surface area contributed by atoms with Crippen LogP contribution in [0.2, 0.25) is 0 Å². The van der Waals surface area contributed by atoms with E-state index in [1.807, 2.05) is 48.5 Å². The van der Waals surface area contributed by atoms with Crippen molar-refractivity contribution >= 4 is 17.4 Å². The maximum absolute atomic E-state index is 12.9. The number of hydrogen-bond acceptors (Lipinski definition) is 5. The van der Waals surface area contributed by atoms with E-state index in [0.29, 0.717) is 12.4 Å². The van der Waals surface area contributed by atoms with Crippen molar-refractivity contribution in [2.45, 2.75) is 26.2 Å². The lowest BCUT2D eigenvalue weighted by Gasteiger charge is -2.35. The number of phenolic OH excluding ortho intramolecular Hbond substituents is 1. The maximum Gasteiger partial charge on any atom is 0.239 e. The molecule has 0 aliphatic carbocycles. The van der Waals surface area contributed by atoms with Crippen molar-refractivity contribution in [3.63, 3.8) is 0 Å². The van der Waals surface area contributed by atoms with E-state index in [4.69, 9.17) is 5.10 Å². The number of amides is 1. The summed E-state index contributed by atoms with van der Waals surface area (Å²) in [5.74, 6) is 0.919. The third-order valence-corrected chi connectivity index (χ3v) is 5.70. The number of aromatic hydroxyl groups is 1. The molecule has 1 aliphatic heterocycles. The van der Waals surface area contributed by atoms with Crippen molar-refractivity contribution in [1.29, 1.82) is 0 Å². The summed E-state index contributed by atoms with van der Waals surface area (Å²) in [5.41, 5.74) is 2.82. The van der Waals surface area contributed by atoms with Crippen LogP contribution >= 0.6 is 0 Å². The van der Waals surface area contributed by atoms with Gasteiger partial charge in [0, 0.05) is 43.3 Å². The number of phenols is 1. The van der Waals surface area contributed by atoms with E-state index in [0.717, 1.165) is 43.2 Å². The minimum atomic E-state index is -0.121. The van der Waals surface area contributed by atoms with E-state index in [2.05, 4.69) is 35.9 Å². The predicted octanol–water partition coefficient (Wildman–Crippen LogP) is 3.64. The fraction of sp³-hybridized carbons (Fsp3) is 0.360. The highest BCUT2D eigenvalue weighted by atomic mass is 16.3. The Morgan fingerprint density at radius 2 is 1.62 bits per heavy atom. The summed E-state index contributed by atoms with van der Waals surface area (Å²) in [6.45, 7) is 9.98. The highest BCUT2D eigenvalue weighted by Gasteiger charge is 2.23. The topological polar surface area (TPSA) is 73.6 Å². The van der Waals surface area contributed by atoms with E-state index >= 15 is 0 Å². The quantitative estimate of drug-likeness (QED) is 0.643. The molecule has 0 unspecified atom stereocenters. The van der Waals surface area contributed by atoms with Crippen LogP contribution in [0.15, 0.2) is 60.7 Å². The Bertz CT molecular complexity index is 1050. The van der Waals surface area contributed by atoms with Crippen LogP contribution in [0.5, 0.6) is 5.75 Å². The minimum Gasteiger partial charge on any atom is -0.508 e. The molecule has 7 nitrogen and oxygen atoms in total. The van der Waals surface area contributed by atoms with Gasteiger partial charge in [-0.3, -0.25) is 9.69 Å². The van der Waals surface area contributed by atoms with E-state index in [9.17, 15) is 9.90 Å². The second kappa shape index (κ2) is 9.04. The van der Waals surface area contributed by atoms with E-state index in [1.165, 1.54) is 0 Å². The Hall–Kier alpha value is -3.32. The molecular formula is C25H31N5O2. The summed E-state index contributed by atoms with van der Waals surface area (Å²) >= 11 is 0. The second-order valence-corrected chi connectivity index (χ2v) is 9.24. The fourth-order valence-electron chi connectivity index (χ4n) is 3.82. The third-order valence-electron chi connectivity index (χ3n) is 5.70. The van der Waals surface area contributed by atoms with Crippen molar-refractivity contribution in [3.05, 3.63) is 66.4 Å². The number of aromatic nitrogens is 2. The first kappa shape index (κ1) is 21.9. The highest BCUT2D eigenvalue weighted by molar-refractivity contribution is 5.91. The van der Waals surface area contributed by atoms with Crippen LogP contribution in [0.3, 0.4) is 0 Å². The van der Waals surface area contributed by atoms with Gasteiger partial charge in [0.2, 0.25) is 5.91 Å². The van der Waals surface area contributed by atoms with Crippen LogP contribution in [0.1, 0.15) is 26.5 Å². The molecule has 2 N–H and O–H groups in total. The normalized spacial score (nSPS) is 15.0. The molecule has 7 heteroatoms. The first-order valence-corrected chi connectivity index (χ1v) is 11.0. The Morgan fingerprint density at radius 1 is 0.969 bits per heavy atom. The number of para-hydroxylation sites is 1. The number of benzene rings is 2. The zero-order valence-corrected chi connectivity index (χ0v) is 19.0. The Balaban J connectivity index is 1.40. The van der Waals surface area contributed by atoms with Gasteiger partial charge in [-0.15, -0.1) is 0 Å². The molecule has 1 saturated heterocycles. The van der Waals surface area contributed by atoms with Crippen molar-refractivity contribution in [3.8, 4) is 11.4 Å². The van der Waals surface area contributed by atoms with E-state index in [1.54, 1.807) is 16.8 Å². The van der Waals surface area contributed by atoms with Gasteiger partial charge in [-0.25, -0.2) is 4.68 Å². The number of nitrogens with zero attached hydrogens (tertiary/aromatic N) is 4. The molecule has 0 bridgehead atoms. The zero-order valence-electron chi connectivity index (χ0n) is 19.0. The SMILES string of the molecule is CC(C)(C)c1cc(NC(=O)CN2CCN(c3ccc(O)cc3)CC2)n(-c2ccccc2)n1. The van der Waals surface area contributed by atoms with E-state index < -0.39 is 0 Å². The average Bonchev–Trinajstić information content (AvgIpc) is 3.20. The third kappa shape index (κ3) is 5.11. The van der Waals surface area contributed by atoms with Gasteiger partial charge in [-0.05, 0) is 36.4 Å². The standard InChI is InChI=1S/C25H31N5O2/c1-25(2,3)22-17-23(30(27-22)20-7-5-4-6-8-20)26-24(32)18-28-13-15-29(16-14-28)19-9-11-21(31)12-10-19/h4-12,17,31H,13-16,18H2,1-3H3,(H,26,32). The van der Waals surface area contributed by atoms with Gasteiger partial charge < -0.3 is 15.3 Å². The summed E-state index contributed by atoms with van der Waals surface area (Å²) in [6.07, 6.45) is 0. The van der Waals surface area contributed by atoms with Crippen LogP contribution in [-0.4, -0.2) is 58.4 Å². The Labute approximate surface area is 189 Å². The number of piperazine rings is 1. The van der Waals surface area contributed by atoms with Crippen LogP contribution < -0.4 is 10.2 Å². The number of rotatable bonds is 5. The number of carbonyl (C=O) groups is 1. The van der Waals surface area contributed by atoms with Crippen LogP contribution in [0, 0.1) is 0 Å². The molecule has 1 aromatic heterocycles. The van der Waals surface area contributed by atoms with Gasteiger partial charge in [0.25, 0.3) is 0 Å². The van der Waals surface area contributed by atoms with Crippen LogP contribution in [0.25, 0.3) is 5.69 Å². The molecule has 0 spiro atoms. The number of anilines is 2. The van der Waals surface area contributed by atoms with Crippen molar-refractivity contribution < 1.29 is 9.90 Å². The molecule has 1 fully saturated rings. The lowest BCUT2D eigenvalue weighted by atomic mass is 9.92. The van der Waals surface area contributed by atoms with Crippen molar-refractivity contribution in [1.82, 2.24) is 14.7 Å². The smallest absolute Gasteiger partial charge is 0.239 e. The molecule has 0 atom stereocenters. The molecule has 0 saturated carbocycles. The minimum absolute atomic E-state index is 0.0411. The van der Waals surface area contributed by atoms with Gasteiger partial charge in [-0.1, -0.05) is 39.0 Å². The van der Waals surface area contributed by atoms with Gasteiger partial charge in [0.15, 0.2) is 0 Å². The maximum atomic E-state index is 12.9. The van der Waals surface area contributed by atoms with Gasteiger partial charge >= 0.3 is 0 Å². The summed E-state index contributed by atoms with van der Waals surface area (Å²) < 4.78 is 1.81. The largest absolute Gasteiger partial charge is 0.508 e. The van der Waals surface area contributed by atoms with E-state index in [-0.39, 0.29) is 17.1 Å². The Kier molecular flexibility index (Phi) is 6.19. The van der Waals surface area contributed by atoms with Gasteiger partial charge in [0.05, 0.1) is 17.9 Å². The molecule has 4 rings (SSSR count). The highest BCUT2D eigenvalue weighted by Crippen LogP contribution is 2.26. The number of carbonyl (C=O) groups excluding carboxylic acids is 1. The zero-order chi connectivity index (χ0) is 22.7. The lowest BCUT2D eigenvalue weighted by molar-refractivity contribution is -0.117. The molecule has 3 aromatic rings. The Morgan fingerprint density at radius 3 is 2.25 bits per heavy atom. The van der Waals surface area contributed by atoms with Crippen LogP contribution in [0.4, 0.5) is 11.5 Å². The molecule has 168 valence electrons. The molecule has 1 amide bonds. The van der Waals surface area contributed by atoms with Crippen molar-refractivity contribution in [2.75, 3.05) is 42.9 Å². The molecular weight excluding hydrogens is 402 g/mol. The molecule has 2 heterocycles. The molecule has 2 aromatic carbocycles. The molecule has 32 heavy (non-hydrogen) atoms. The van der Waals surface area contributed by atoms with Crippen LogP contribution in [-0.2, 0) is 10.2 Å². The first-order chi connectivity index (χ1) is 15.3. The molecule has 1 aliphatic rings. The molecule has 0 radical (unpaired) electrons.